The van der Waals surface area contributed by atoms with Crippen LogP contribution in [0.25, 0.3) is 0 Å². The van der Waals surface area contributed by atoms with Gasteiger partial charge >= 0.3 is 0 Å². The molecular formula is C14H27N3. The smallest absolute Gasteiger partial charge is 0.0235 e. The Morgan fingerprint density at radius 3 is 2.18 bits per heavy atom. The molecule has 2 saturated heterocycles. The maximum absolute atomic E-state index is 5.98. The highest BCUT2D eigenvalue weighted by molar-refractivity contribution is 4.93. The molecule has 0 amide bonds. The number of nitrogens with zero attached hydrogens (tertiary/aromatic N) is 2. The molecule has 0 aromatic carbocycles. The summed E-state index contributed by atoms with van der Waals surface area (Å²) in [7, 11) is 0. The molecule has 3 fully saturated rings. The number of hydrogen-bond donors (Lipinski definition) is 1. The van der Waals surface area contributed by atoms with E-state index in [9.17, 15) is 0 Å². The fourth-order valence-electron chi connectivity index (χ4n) is 3.84. The highest BCUT2D eigenvalue weighted by Gasteiger charge is 2.37. The predicted molar refractivity (Wildman–Crippen MR) is 70.9 cm³/mol. The first-order valence-corrected chi connectivity index (χ1v) is 7.46. The lowest BCUT2D eigenvalue weighted by atomic mass is 9.81. The van der Waals surface area contributed by atoms with E-state index >= 15 is 0 Å². The maximum atomic E-state index is 5.98. The van der Waals surface area contributed by atoms with Crippen LogP contribution >= 0.6 is 0 Å². The molecule has 2 N–H and O–H groups in total. The summed E-state index contributed by atoms with van der Waals surface area (Å²) >= 11 is 0. The molecule has 3 nitrogen and oxygen atoms in total. The lowest BCUT2D eigenvalue weighted by Crippen LogP contribution is -2.48. The molecular weight excluding hydrogens is 210 g/mol. The maximum Gasteiger partial charge on any atom is 0.0235 e. The van der Waals surface area contributed by atoms with Gasteiger partial charge in [-0.3, -0.25) is 9.80 Å². The minimum Gasteiger partial charge on any atom is -0.328 e. The topological polar surface area (TPSA) is 32.5 Å². The van der Waals surface area contributed by atoms with Gasteiger partial charge in [0, 0.05) is 31.2 Å². The van der Waals surface area contributed by atoms with E-state index in [1.807, 2.05) is 0 Å². The fraction of sp³-hybridized carbons (Fsp3) is 1.00. The van der Waals surface area contributed by atoms with Crippen molar-refractivity contribution in [3.63, 3.8) is 0 Å². The van der Waals surface area contributed by atoms with Gasteiger partial charge in [0.05, 0.1) is 0 Å². The van der Waals surface area contributed by atoms with Crippen molar-refractivity contribution in [2.24, 2.45) is 11.7 Å². The third kappa shape index (κ3) is 2.51. The summed E-state index contributed by atoms with van der Waals surface area (Å²) in [6.45, 7) is 7.52. The average molecular weight is 237 g/mol. The van der Waals surface area contributed by atoms with Crippen molar-refractivity contribution in [3.05, 3.63) is 0 Å². The van der Waals surface area contributed by atoms with Gasteiger partial charge in [-0.15, -0.1) is 0 Å². The van der Waals surface area contributed by atoms with Crippen molar-refractivity contribution in [1.82, 2.24) is 9.80 Å². The van der Waals surface area contributed by atoms with Crippen molar-refractivity contribution in [2.75, 3.05) is 26.2 Å². The van der Waals surface area contributed by atoms with Crippen molar-refractivity contribution in [2.45, 2.75) is 57.2 Å². The molecule has 1 aliphatic carbocycles. The number of rotatable bonds is 2. The van der Waals surface area contributed by atoms with Crippen molar-refractivity contribution < 1.29 is 0 Å². The van der Waals surface area contributed by atoms with Gasteiger partial charge in [0.2, 0.25) is 0 Å². The average Bonchev–Trinajstić information content (AvgIpc) is 2.75. The monoisotopic (exact) mass is 237 g/mol. The molecule has 0 radical (unpaired) electrons. The lowest BCUT2D eigenvalue weighted by molar-refractivity contribution is 0.0919. The van der Waals surface area contributed by atoms with Crippen LogP contribution in [0.4, 0.5) is 0 Å². The summed E-state index contributed by atoms with van der Waals surface area (Å²) in [6.07, 6.45) is 6.68. The molecule has 98 valence electrons. The Labute approximate surface area is 105 Å². The second-order valence-corrected chi connectivity index (χ2v) is 6.54. The normalized spacial score (nSPS) is 41.6. The summed E-state index contributed by atoms with van der Waals surface area (Å²) in [5.74, 6) is 0.979. The Morgan fingerprint density at radius 2 is 1.53 bits per heavy atom. The quantitative estimate of drug-likeness (QED) is 0.785. The molecule has 2 heterocycles. The summed E-state index contributed by atoms with van der Waals surface area (Å²) < 4.78 is 0. The molecule has 0 spiro atoms. The van der Waals surface area contributed by atoms with E-state index in [0.717, 1.165) is 18.0 Å². The standard InChI is InChI=1S/C14H27N3/c1-11-8-14(9-11)17-7-4-13(10-17)16-5-2-12(15)3-6-16/h11-14H,2-10,15H2,1H3. The first-order valence-electron chi connectivity index (χ1n) is 7.46. The predicted octanol–water partition coefficient (Wildman–Crippen LogP) is 1.28. The van der Waals surface area contributed by atoms with Crippen LogP contribution in [0.5, 0.6) is 0 Å². The summed E-state index contributed by atoms with van der Waals surface area (Å²) in [6, 6.07) is 2.22. The molecule has 1 atom stereocenters. The molecule has 0 aromatic rings. The Bertz CT molecular complexity index is 254. The van der Waals surface area contributed by atoms with Crippen LogP contribution in [0, 0.1) is 5.92 Å². The van der Waals surface area contributed by atoms with Crippen LogP contribution in [-0.4, -0.2) is 54.1 Å². The Kier molecular flexibility index (Phi) is 3.42. The lowest BCUT2D eigenvalue weighted by Gasteiger charge is -2.40. The summed E-state index contributed by atoms with van der Waals surface area (Å²) in [5.41, 5.74) is 5.98. The van der Waals surface area contributed by atoms with E-state index in [4.69, 9.17) is 5.73 Å². The summed E-state index contributed by atoms with van der Waals surface area (Å²) in [4.78, 5) is 5.45. The Hall–Kier alpha value is -0.120. The van der Waals surface area contributed by atoms with Crippen LogP contribution < -0.4 is 5.73 Å². The Balaban J connectivity index is 1.47. The minimum atomic E-state index is 0.469. The molecule has 1 unspecified atom stereocenters. The van der Waals surface area contributed by atoms with Gasteiger partial charge in [0.25, 0.3) is 0 Å². The zero-order chi connectivity index (χ0) is 11.8. The van der Waals surface area contributed by atoms with Crippen LogP contribution in [0.3, 0.4) is 0 Å². The van der Waals surface area contributed by atoms with Gasteiger partial charge in [-0.1, -0.05) is 6.92 Å². The van der Waals surface area contributed by atoms with Crippen LogP contribution in [0.15, 0.2) is 0 Å². The number of likely N-dealkylation sites (tertiary alicyclic amines) is 2. The highest BCUT2D eigenvalue weighted by Crippen LogP contribution is 2.34. The molecule has 3 aliphatic rings. The zero-order valence-electron chi connectivity index (χ0n) is 11.1. The molecule has 3 heteroatoms. The molecule has 3 rings (SSSR count). The SMILES string of the molecule is CC1CC(N2CCC(N3CCC(N)CC3)C2)C1. The van der Waals surface area contributed by atoms with Crippen LogP contribution in [-0.2, 0) is 0 Å². The van der Waals surface area contributed by atoms with E-state index in [0.29, 0.717) is 6.04 Å². The van der Waals surface area contributed by atoms with Crippen LogP contribution in [0.2, 0.25) is 0 Å². The highest BCUT2D eigenvalue weighted by atomic mass is 15.3. The van der Waals surface area contributed by atoms with Gasteiger partial charge in [-0.2, -0.15) is 0 Å². The second-order valence-electron chi connectivity index (χ2n) is 6.54. The van der Waals surface area contributed by atoms with E-state index < -0.39 is 0 Å². The number of hydrogen-bond acceptors (Lipinski definition) is 3. The van der Waals surface area contributed by atoms with Crippen molar-refractivity contribution >= 4 is 0 Å². The number of piperidine rings is 1. The first-order chi connectivity index (χ1) is 8.22. The van der Waals surface area contributed by atoms with Crippen molar-refractivity contribution in [1.29, 1.82) is 0 Å². The molecule has 0 aromatic heterocycles. The molecule has 0 bridgehead atoms. The molecule has 2 aliphatic heterocycles. The largest absolute Gasteiger partial charge is 0.328 e. The zero-order valence-corrected chi connectivity index (χ0v) is 11.1. The van der Waals surface area contributed by atoms with Crippen LogP contribution in [0.1, 0.15) is 39.0 Å². The third-order valence-electron chi connectivity index (χ3n) is 5.15. The summed E-state index contributed by atoms with van der Waals surface area (Å²) in [5, 5.41) is 0. The van der Waals surface area contributed by atoms with Gasteiger partial charge in [-0.25, -0.2) is 0 Å². The van der Waals surface area contributed by atoms with E-state index in [2.05, 4.69) is 16.7 Å². The molecule has 17 heavy (non-hydrogen) atoms. The van der Waals surface area contributed by atoms with E-state index in [1.54, 1.807) is 0 Å². The van der Waals surface area contributed by atoms with Gasteiger partial charge < -0.3 is 5.73 Å². The van der Waals surface area contributed by atoms with Gasteiger partial charge in [0.15, 0.2) is 0 Å². The van der Waals surface area contributed by atoms with Gasteiger partial charge in [-0.05, 0) is 51.1 Å². The third-order valence-corrected chi connectivity index (χ3v) is 5.15. The first kappa shape index (κ1) is 11.9. The van der Waals surface area contributed by atoms with Crippen molar-refractivity contribution in [3.8, 4) is 0 Å². The Morgan fingerprint density at radius 1 is 0.882 bits per heavy atom. The fourth-order valence-corrected chi connectivity index (χ4v) is 3.84. The van der Waals surface area contributed by atoms with E-state index in [1.165, 1.54) is 58.3 Å². The van der Waals surface area contributed by atoms with E-state index in [-0.39, 0.29) is 0 Å². The number of nitrogens with two attached hydrogens (primary N) is 1. The minimum absolute atomic E-state index is 0.469. The molecule has 1 saturated carbocycles. The second kappa shape index (κ2) is 4.87. The van der Waals surface area contributed by atoms with Gasteiger partial charge in [0.1, 0.15) is 0 Å².